The van der Waals surface area contributed by atoms with Crippen molar-refractivity contribution in [2.45, 2.75) is 12.8 Å². The van der Waals surface area contributed by atoms with Crippen molar-refractivity contribution in [1.82, 2.24) is 0 Å². The van der Waals surface area contributed by atoms with Crippen molar-refractivity contribution in [3.63, 3.8) is 0 Å². The van der Waals surface area contributed by atoms with Gasteiger partial charge in [0.25, 0.3) is 22.1 Å². The topological polar surface area (TPSA) is 208 Å². The molecular formula is C17H14N4O11. The van der Waals surface area contributed by atoms with E-state index >= 15 is 0 Å². The highest BCUT2D eigenvalue weighted by molar-refractivity contribution is 5.93. The fourth-order valence-corrected chi connectivity index (χ4v) is 2.64. The van der Waals surface area contributed by atoms with Gasteiger partial charge in [-0.2, -0.15) is 0 Å². The average Bonchev–Trinajstić information content (AvgIpc) is 2.74. The molecule has 2 rings (SSSR count). The quantitative estimate of drug-likeness (QED) is 0.210. The van der Waals surface area contributed by atoms with Gasteiger partial charge in [0.2, 0.25) is 0 Å². The smallest absolute Gasteiger partial charge is 0.338 e. The Bertz CT molecular complexity index is 1090. The number of benzene rings is 2. The molecule has 0 saturated heterocycles. The van der Waals surface area contributed by atoms with Crippen LogP contribution >= 0.6 is 0 Å². The summed E-state index contributed by atoms with van der Waals surface area (Å²) < 4.78 is 4.95. The first-order chi connectivity index (χ1) is 15.1. The van der Waals surface area contributed by atoms with Crippen LogP contribution in [-0.2, 0) is 9.57 Å². The summed E-state index contributed by atoms with van der Waals surface area (Å²) in [5, 5.41) is 42.8. The van der Waals surface area contributed by atoms with Crippen LogP contribution in [0.25, 0.3) is 11.1 Å². The highest BCUT2D eigenvalue weighted by Crippen LogP contribution is 2.38. The van der Waals surface area contributed by atoms with Gasteiger partial charge in [0.1, 0.15) is 0 Å². The van der Waals surface area contributed by atoms with Gasteiger partial charge in [0.05, 0.1) is 50.7 Å². The van der Waals surface area contributed by atoms with Crippen molar-refractivity contribution in [2.75, 3.05) is 13.2 Å². The summed E-state index contributed by atoms with van der Waals surface area (Å²) in [5.41, 5.74) is -2.58. The van der Waals surface area contributed by atoms with E-state index in [0.717, 1.165) is 30.3 Å². The molecule has 15 heteroatoms. The Kier molecular flexibility index (Phi) is 7.65. The Labute approximate surface area is 177 Å². The van der Waals surface area contributed by atoms with Crippen LogP contribution in [0.5, 0.6) is 0 Å². The summed E-state index contributed by atoms with van der Waals surface area (Å²) in [6, 6.07) is 5.81. The highest BCUT2D eigenvalue weighted by atomic mass is 16.9. The first-order valence-corrected chi connectivity index (χ1v) is 8.78. The molecule has 0 saturated carbocycles. The van der Waals surface area contributed by atoms with Crippen LogP contribution in [0.2, 0.25) is 0 Å². The van der Waals surface area contributed by atoms with Crippen LogP contribution in [-0.4, -0.2) is 39.0 Å². The Balaban J connectivity index is 2.26. The molecule has 0 aromatic heterocycles. The first kappa shape index (κ1) is 23.6. The zero-order chi connectivity index (χ0) is 23.8. The Hall–Kier alpha value is -4.69. The van der Waals surface area contributed by atoms with Gasteiger partial charge in [-0.15, -0.1) is 10.1 Å². The van der Waals surface area contributed by atoms with Gasteiger partial charge in [0, 0.05) is 12.1 Å². The predicted molar refractivity (Wildman–Crippen MR) is 104 cm³/mol. The van der Waals surface area contributed by atoms with Crippen molar-refractivity contribution in [3.05, 3.63) is 82.4 Å². The highest BCUT2D eigenvalue weighted by Gasteiger charge is 2.27. The molecule has 0 bridgehead atoms. The molecule has 2 aromatic carbocycles. The van der Waals surface area contributed by atoms with Crippen LogP contribution in [0.1, 0.15) is 23.2 Å². The number of rotatable bonds is 11. The van der Waals surface area contributed by atoms with Gasteiger partial charge in [-0.3, -0.25) is 30.3 Å². The first-order valence-electron chi connectivity index (χ1n) is 8.78. The molecule has 0 amide bonds. The van der Waals surface area contributed by atoms with E-state index in [4.69, 9.17) is 4.74 Å². The summed E-state index contributed by atoms with van der Waals surface area (Å²) in [7, 11) is 0. The molecule has 0 atom stereocenters. The molecule has 32 heavy (non-hydrogen) atoms. The van der Waals surface area contributed by atoms with Crippen molar-refractivity contribution >= 4 is 23.0 Å². The van der Waals surface area contributed by atoms with Gasteiger partial charge < -0.3 is 9.57 Å². The number of hydrogen-bond donors (Lipinski definition) is 0. The van der Waals surface area contributed by atoms with Crippen LogP contribution in [0.4, 0.5) is 17.1 Å². The number of esters is 1. The van der Waals surface area contributed by atoms with E-state index < -0.39 is 42.9 Å². The van der Waals surface area contributed by atoms with Crippen molar-refractivity contribution < 1.29 is 34.2 Å². The number of carbonyl (C=O) groups is 1. The van der Waals surface area contributed by atoms with Gasteiger partial charge in [-0.05, 0) is 31.0 Å². The summed E-state index contributed by atoms with van der Waals surface area (Å²) in [4.78, 5) is 57.4. The second-order valence-corrected chi connectivity index (χ2v) is 6.10. The molecule has 0 aliphatic rings. The summed E-state index contributed by atoms with van der Waals surface area (Å²) in [6.07, 6.45) is 0.478. The minimum Gasteiger partial charge on any atom is -0.462 e. The lowest BCUT2D eigenvalue weighted by atomic mass is 9.99. The molecular weight excluding hydrogens is 436 g/mol. The molecule has 0 aliphatic heterocycles. The zero-order valence-corrected chi connectivity index (χ0v) is 16.1. The van der Waals surface area contributed by atoms with E-state index in [1.165, 1.54) is 0 Å². The third-order valence-electron chi connectivity index (χ3n) is 4.08. The number of non-ortho nitro benzene ring substituents is 1. The molecule has 15 nitrogen and oxygen atoms in total. The molecule has 0 heterocycles. The van der Waals surface area contributed by atoms with E-state index in [2.05, 4.69) is 4.84 Å². The van der Waals surface area contributed by atoms with Crippen LogP contribution in [0.3, 0.4) is 0 Å². The van der Waals surface area contributed by atoms with E-state index in [-0.39, 0.29) is 42.7 Å². The minimum absolute atomic E-state index is 0.122. The van der Waals surface area contributed by atoms with Gasteiger partial charge in [-0.1, -0.05) is 0 Å². The number of nitro benzene ring substituents is 3. The van der Waals surface area contributed by atoms with Gasteiger partial charge >= 0.3 is 5.97 Å². The SMILES string of the molecule is O=C(OCCCCO[N+](=O)[O-])c1ccc(-c2ccc([N+](=O)[O-])cc2[N+](=O)[O-])c([N+](=O)[O-])c1. The van der Waals surface area contributed by atoms with Crippen molar-refractivity contribution in [3.8, 4) is 11.1 Å². The number of nitro groups is 3. The molecule has 0 fully saturated rings. The Morgan fingerprint density at radius 2 is 1.31 bits per heavy atom. The second kappa shape index (κ2) is 10.4. The maximum Gasteiger partial charge on any atom is 0.338 e. The van der Waals surface area contributed by atoms with Gasteiger partial charge in [-0.25, -0.2) is 4.79 Å². The van der Waals surface area contributed by atoms with Crippen molar-refractivity contribution in [1.29, 1.82) is 0 Å². The molecule has 2 aromatic rings. The normalized spacial score (nSPS) is 10.2. The monoisotopic (exact) mass is 450 g/mol. The average molecular weight is 450 g/mol. The van der Waals surface area contributed by atoms with Crippen LogP contribution in [0.15, 0.2) is 36.4 Å². The number of hydrogen-bond acceptors (Lipinski definition) is 11. The lowest BCUT2D eigenvalue weighted by Gasteiger charge is -2.08. The van der Waals surface area contributed by atoms with Crippen LogP contribution in [0, 0.1) is 40.5 Å². The van der Waals surface area contributed by atoms with Gasteiger partial charge in [0.15, 0.2) is 0 Å². The molecule has 0 spiro atoms. The lowest BCUT2D eigenvalue weighted by Crippen LogP contribution is -2.09. The third kappa shape index (κ3) is 5.91. The lowest BCUT2D eigenvalue weighted by molar-refractivity contribution is -0.757. The second-order valence-electron chi connectivity index (χ2n) is 6.10. The zero-order valence-electron chi connectivity index (χ0n) is 16.1. The number of unbranched alkanes of at least 4 members (excludes halogenated alkanes) is 1. The number of nitrogens with zero attached hydrogens (tertiary/aromatic N) is 4. The third-order valence-corrected chi connectivity index (χ3v) is 4.08. The van der Waals surface area contributed by atoms with E-state index in [0.29, 0.717) is 6.07 Å². The maximum atomic E-state index is 12.1. The van der Waals surface area contributed by atoms with E-state index in [1.807, 2.05) is 0 Å². The molecule has 168 valence electrons. The summed E-state index contributed by atoms with van der Waals surface area (Å²) in [5.74, 6) is -0.909. The summed E-state index contributed by atoms with van der Waals surface area (Å²) in [6.45, 7) is -0.304. The fourth-order valence-electron chi connectivity index (χ4n) is 2.64. The number of ether oxygens (including phenoxy) is 1. The summed E-state index contributed by atoms with van der Waals surface area (Å²) >= 11 is 0. The van der Waals surface area contributed by atoms with Crippen molar-refractivity contribution in [2.24, 2.45) is 0 Å². The standard InChI is InChI=1S/C17H14N4O11/c22-17(31-7-1-2-8-32-21(29)30)11-3-5-13(15(9-11)19(25)26)14-6-4-12(18(23)24)10-16(14)20(27)28/h3-6,9-10H,1-2,7-8H2. The maximum absolute atomic E-state index is 12.1. The predicted octanol–water partition coefficient (Wildman–Crippen LogP) is 3.22. The van der Waals surface area contributed by atoms with Crippen LogP contribution < -0.4 is 0 Å². The minimum atomic E-state index is -0.956. The Morgan fingerprint density at radius 3 is 1.88 bits per heavy atom. The molecule has 0 aliphatic carbocycles. The molecule has 0 unspecified atom stereocenters. The van der Waals surface area contributed by atoms with E-state index in [9.17, 15) is 45.3 Å². The largest absolute Gasteiger partial charge is 0.462 e. The van der Waals surface area contributed by atoms with E-state index in [1.54, 1.807) is 0 Å². The Morgan fingerprint density at radius 1 is 0.750 bits per heavy atom. The molecule has 0 radical (unpaired) electrons. The molecule has 0 N–H and O–H groups in total. The fraction of sp³-hybridized carbons (Fsp3) is 0.235. The number of carbonyl (C=O) groups excluding carboxylic acids is 1.